The highest BCUT2D eigenvalue weighted by Gasteiger charge is 2.41. The Morgan fingerprint density at radius 1 is 0.909 bits per heavy atom. The summed E-state index contributed by atoms with van der Waals surface area (Å²) in [6, 6.07) is 20.9. The molecule has 22 heavy (non-hydrogen) atoms. The van der Waals surface area contributed by atoms with Crippen molar-refractivity contribution < 1.29 is 10.2 Å². The monoisotopic (exact) mass is 314 g/mol. The molecule has 0 heterocycles. The van der Waals surface area contributed by atoms with Crippen LogP contribution in [0.5, 0.6) is 0 Å². The predicted molar refractivity (Wildman–Crippen MR) is 95.0 cm³/mol. The zero-order chi connectivity index (χ0) is 16.2. The van der Waals surface area contributed by atoms with E-state index >= 15 is 0 Å². The average molecular weight is 315 g/mol. The van der Waals surface area contributed by atoms with Crippen LogP contribution in [-0.4, -0.2) is 31.0 Å². The van der Waals surface area contributed by atoms with E-state index in [0.717, 1.165) is 0 Å². The van der Waals surface area contributed by atoms with Gasteiger partial charge in [0.1, 0.15) is 0 Å². The lowest BCUT2D eigenvalue weighted by Crippen LogP contribution is -2.52. The molecule has 0 aliphatic carbocycles. The molecule has 0 aromatic heterocycles. The summed E-state index contributed by atoms with van der Waals surface area (Å²) < 4.78 is 0. The Labute approximate surface area is 134 Å². The molecule has 0 aliphatic rings. The highest BCUT2D eigenvalue weighted by atomic mass is 28.3. The topological polar surface area (TPSA) is 40.5 Å². The molecule has 0 radical (unpaired) electrons. The van der Waals surface area contributed by atoms with Crippen molar-refractivity contribution in [3.63, 3.8) is 0 Å². The maximum Gasteiger partial charge on any atom is 0.0884 e. The Hall–Kier alpha value is -1.42. The third-order valence-corrected chi connectivity index (χ3v) is 8.85. The number of benzene rings is 2. The molecule has 118 valence electrons. The standard InChI is InChI=1S/C19H26O2Si/c1-15(21)18(14-20)19(16-10-6-4-7-11-16)22(2,3)17-12-8-5-9-13-17/h4-13,15,18-21H,14H2,1-3H3/t15-,18+,19+/m1/s1. The summed E-state index contributed by atoms with van der Waals surface area (Å²) in [5, 5.41) is 21.5. The van der Waals surface area contributed by atoms with Crippen molar-refractivity contribution in [3.8, 4) is 0 Å². The summed E-state index contributed by atoms with van der Waals surface area (Å²) >= 11 is 0. The first-order chi connectivity index (χ1) is 10.5. The van der Waals surface area contributed by atoms with Crippen LogP contribution >= 0.6 is 0 Å². The normalized spacial score (nSPS) is 16.0. The van der Waals surface area contributed by atoms with Gasteiger partial charge in [-0.25, -0.2) is 0 Å². The molecule has 0 bridgehead atoms. The van der Waals surface area contributed by atoms with E-state index in [4.69, 9.17) is 0 Å². The maximum atomic E-state index is 10.2. The molecule has 0 amide bonds. The molecule has 0 unspecified atom stereocenters. The van der Waals surface area contributed by atoms with E-state index in [2.05, 4.69) is 49.5 Å². The van der Waals surface area contributed by atoms with Gasteiger partial charge in [-0.05, 0) is 18.0 Å². The summed E-state index contributed by atoms with van der Waals surface area (Å²) in [6.07, 6.45) is -0.536. The van der Waals surface area contributed by atoms with Crippen LogP contribution in [0.4, 0.5) is 0 Å². The van der Waals surface area contributed by atoms with Crippen molar-refractivity contribution in [3.05, 3.63) is 66.2 Å². The van der Waals surface area contributed by atoms with Gasteiger partial charge in [-0.2, -0.15) is 0 Å². The summed E-state index contributed by atoms with van der Waals surface area (Å²) in [7, 11) is -1.92. The molecule has 3 heteroatoms. The Morgan fingerprint density at radius 2 is 1.41 bits per heavy atom. The van der Waals surface area contributed by atoms with Crippen LogP contribution in [0.1, 0.15) is 18.0 Å². The van der Waals surface area contributed by atoms with Gasteiger partial charge in [0.15, 0.2) is 0 Å². The number of hydrogen-bond acceptors (Lipinski definition) is 2. The zero-order valence-electron chi connectivity index (χ0n) is 13.6. The van der Waals surface area contributed by atoms with Crippen molar-refractivity contribution in [2.24, 2.45) is 5.92 Å². The van der Waals surface area contributed by atoms with Gasteiger partial charge in [0, 0.05) is 12.5 Å². The van der Waals surface area contributed by atoms with E-state index in [0.29, 0.717) is 0 Å². The van der Waals surface area contributed by atoms with Gasteiger partial charge in [0.25, 0.3) is 0 Å². The maximum absolute atomic E-state index is 10.2. The van der Waals surface area contributed by atoms with Crippen LogP contribution in [0.25, 0.3) is 0 Å². The van der Waals surface area contributed by atoms with E-state index in [1.54, 1.807) is 6.92 Å². The van der Waals surface area contributed by atoms with Gasteiger partial charge in [-0.1, -0.05) is 78.9 Å². The average Bonchev–Trinajstić information content (AvgIpc) is 2.53. The van der Waals surface area contributed by atoms with Crippen LogP contribution in [0.3, 0.4) is 0 Å². The van der Waals surface area contributed by atoms with Crippen LogP contribution in [0.2, 0.25) is 13.1 Å². The smallest absolute Gasteiger partial charge is 0.0884 e. The van der Waals surface area contributed by atoms with Gasteiger partial charge in [0.2, 0.25) is 0 Å². The number of hydrogen-bond donors (Lipinski definition) is 2. The summed E-state index contributed by atoms with van der Waals surface area (Å²) in [4.78, 5) is 0. The van der Waals surface area contributed by atoms with Gasteiger partial charge in [-0.3, -0.25) is 0 Å². The molecule has 0 saturated heterocycles. The zero-order valence-corrected chi connectivity index (χ0v) is 14.6. The molecular weight excluding hydrogens is 288 g/mol. The highest BCUT2D eigenvalue weighted by Crippen LogP contribution is 2.35. The third-order valence-electron chi connectivity index (χ3n) is 4.71. The van der Waals surface area contributed by atoms with Gasteiger partial charge in [-0.15, -0.1) is 0 Å². The molecule has 0 aliphatic heterocycles. The molecule has 2 aromatic carbocycles. The van der Waals surface area contributed by atoms with Crippen LogP contribution < -0.4 is 5.19 Å². The van der Waals surface area contributed by atoms with Crippen molar-refractivity contribution in [2.75, 3.05) is 6.61 Å². The Morgan fingerprint density at radius 3 is 1.86 bits per heavy atom. The van der Waals surface area contributed by atoms with Crippen LogP contribution in [-0.2, 0) is 0 Å². The quantitative estimate of drug-likeness (QED) is 0.805. The summed E-state index contributed by atoms with van der Waals surface area (Å²) in [5.74, 6) is -0.149. The number of aliphatic hydroxyl groups excluding tert-OH is 2. The Kier molecular flexibility index (Phi) is 5.56. The fourth-order valence-electron chi connectivity index (χ4n) is 3.44. The minimum Gasteiger partial charge on any atom is -0.396 e. The van der Waals surface area contributed by atoms with E-state index in [9.17, 15) is 10.2 Å². The first-order valence-electron chi connectivity index (χ1n) is 7.88. The fourth-order valence-corrected chi connectivity index (χ4v) is 7.33. The largest absolute Gasteiger partial charge is 0.396 e. The lowest BCUT2D eigenvalue weighted by molar-refractivity contribution is 0.0764. The Balaban J connectivity index is 2.53. The molecular formula is C19H26O2Si. The molecule has 2 rings (SSSR count). The lowest BCUT2D eigenvalue weighted by Gasteiger charge is -2.39. The third kappa shape index (κ3) is 3.49. The van der Waals surface area contributed by atoms with Crippen LogP contribution in [0, 0.1) is 5.92 Å². The van der Waals surface area contributed by atoms with Crippen molar-refractivity contribution in [1.29, 1.82) is 0 Å². The van der Waals surface area contributed by atoms with E-state index in [-0.39, 0.29) is 18.1 Å². The van der Waals surface area contributed by atoms with Crippen molar-refractivity contribution in [2.45, 2.75) is 31.7 Å². The molecule has 0 saturated carbocycles. The second-order valence-corrected chi connectivity index (χ2v) is 11.2. The van der Waals surface area contributed by atoms with E-state index in [1.165, 1.54) is 10.8 Å². The van der Waals surface area contributed by atoms with Gasteiger partial charge in [0.05, 0.1) is 14.2 Å². The number of rotatable bonds is 6. The second-order valence-electron chi connectivity index (χ2n) is 6.56. The molecule has 2 N–H and O–H groups in total. The molecule has 2 nitrogen and oxygen atoms in total. The minimum atomic E-state index is -1.92. The van der Waals surface area contributed by atoms with E-state index < -0.39 is 14.2 Å². The predicted octanol–water partition coefficient (Wildman–Crippen LogP) is 2.91. The van der Waals surface area contributed by atoms with Crippen molar-refractivity contribution >= 4 is 13.3 Å². The summed E-state index contributed by atoms with van der Waals surface area (Å²) in [6.45, 7) is 6.43. The minimum absolute atomic E-state index is 0.000487. The van der Waals surface area contributed by atoms with Crippen molar-refractivity contribution in [1.82, 2.24) is 0 Å². The fraction of sp³-hybridized carbons (Fsp3) is 0.368. The molecule has 3 atom stereocenters. The lowest BCUT2D eigenvalue weighted by atomic mass is 9.94. The van der Waals surface area contributed by atoms with E-state index in [1.807, 2.05) is 24.3 Å². The summed E-state index contributed by atoms with van der Waals surface area (Å²) in [5.41, 5.74) is 1.38. The molecule has 2 aromatic rings. The highest BCUT2D eigenvalue weighted by molar-refractivity contribution is 6.91. The molecule has 0 fully saturated rings. The number of aliphatic hydroxyl groups is 2. The van der Waals surface area contributed by atoms with Gasteiger partial charge < -0.3 is 10.2 Å². The second kappa shape index (κ2) is 7.23. The first-order valence-corrected chi connectivity index (χ1v) is 11.0. The first kappa shape index (κ1) is 16.9. The van der Waals surface area contributed by atoms with Crippen LogP contribution in [0.15, 0.2) is 60.7 Å². The molecule has 0 spiro atoms. The SMILES string of the molecule is C[C@@H](O)[C@H](CO)[C@H](c1ccccc1)[Si](C)(C)c1ccccc1. The Bertz CT molecular complexity index is 567. The van der Waals surface area contributed by atoms with Gasteiger partial charge >= 0.3 is 0 Å².